The summed E-state index contributed by atoms with van der Waals surface area (Å²) in [5, 5.41) is 3.12. The van der Waals surface area contributed by atoms with Gasteiger partial charge in [0.25, 0.3) is 0 Å². The smallest absolute Gasteiger partial charge is 0.301 e. The molecular formula is C20H17ClF3N3. The SMILES string of the molecule is FC(F)(F)CNC(c1cccc(Cl)c1)C(c1cccnc1)c1cccnc1. The van der Waals surface area contributed by atoms with Crippen LogP contribution in [0.5, 0.6) is 0 Å². The van der Waals surface area contributed by atoms with Gasteiger partial charge in [0.15, 0.2) is 0 Å². The summed E-state index contributed by atoms with van der Waals surface area (Å²) in [6.45, 7) is -1.12. The molecule has 2 aromatic heterocycles. The van der Waals surface area contributed by atoms with Crippen LogP contribution in [-0.2, 0) is 0 Å². The number of rotatable bonds is 6. The highest BCUT2D eigenvalue weighted by Crippen LogP contribution is 2.37. The maximum atomic E-state index is 13.0. The first-order valence-electron chi connectivity index (χ1n) is 8.29. The molecule has 0 saturated carbocycles. The summed E-state index contributed by atoms with van der Waals surface area (Å²) in [6, 6.07) is 13.4. The second-order valence-corrected chi connectivity index (χ2v) is 6.52. The molecule has 1 N–H and O–H groups in total. The number of nitrogens with one attached hydrogen (secondary N) is 1. The topological polar surface area (TPSA) is 37.8 Å². The normalized spacial score (nSPS) is 12.9. The molecule has 0 spiro atoms. The van der Waals surface area contributed by atoms with Gasteiger partial charge in [-0.1, -0.05) is 35.9 Å². The van der Waals surface area contributed by atoms with Gasteiger partial charge in [-0.15, -0.1) is 0 Å². The summed E-state index contributed by atoms with van der Waals surface area (Å²) < 4.78 is 38.9. The Balaban J connectivity index is 2.09. The molecule has 3 aromatic rings. The van der Waals surface area contributed by atoms with E-state index in [0.29, 0.717) is 10.6 Å². The third-order valence-electron chi connectivity index (χ3n) is 4.15. The summed E-state index contributed by atoms with van der Waals surface area (Å²) in [7, 11) is 0. The molecule has 0 saturated heterocycles. The Hall–Kier alpha value is -2.44. The molecule has 27 heavy (non-hydrogen) atoms. The van der Waals surface area contributed by atoms with Crippen molar-refractivity contribution in [2.45, 2.75) is 18.1 Å². The molecular weight excluding hydrogens is 375 g/mol. The van der Waals surface area contributed by atoms with Crippen molar-refractivity contribution in [3.63, 3.8) is 0 Å². The third-order valence-corrected chi connectivity index (χ3v) is 4.39. The Bertz CT molecular complexity index is 818. The molecule has 0 bridgehead atoms. The summed E-state index contributed by atoms with van der Waals surface area (Å²) in [5.74, 6) is -0.423. The molecule has 7 heteroatoms. The van der Waals surface area contributed by atoms with Crippen molar-refractivity contribution in [2.75, 3.05) is 6.54 Å². The van der Waals surface area contributed by atoms with Crippen LogP contribution in [0.1, 0.15) is 28.7 Å². The number of hydrogen-bond donors (Lipinski definition) is 1. The van der Waals surface area contributed by atoms with E-state index in [2.05, 4.69) is 15.3 Å². The molecule has 0 aliphatic heterocycles. The largest absolute Gasteiger partial charge is 0.401 e. The summed E-state index contributed by atoms with van der Waals surface area (Å²) in [5.41, 5.74) is 2.22. The van der Waals surface area contributed by atoms with Crippen LogP contribution in [0.2, 0.25) is 5.02 Å². The van der Waals surface area contributed by atoms with E-state index in [1.165, 1.54) is 0 Å². The van der Waals surface area contributed by atoms with Crippen molar-refractivity contribution in [2.24, 2.45) is 0 Å². The van der Waals surface area contributed by atoms with Gasteiger partial charge in [0.1, 0.15) is 0 Å². The summed E-state index contributed by atoms with van der Waals surface area (Å²) in [6.07, 6.45) is 2.23. The van der Waals surface area contributed by atoms with Gasteiger partial charge in [0.2, 0.25) is 0 Å². The zero-order valence-corrected chi connectivity index (χ0v) is 15.0. The minimum atomic E-state index is -4.34. The lowest BCUT2D eigenvalue weighted by atomic mass is 9.83. The number of alkyl halides is 3. The fourth-order valence-corrected chi connectivity index (χ4v) is 3.25. The zero-order chi connectivity index (χ0) is 19.3. The van der Waals surface area contributed by atoms with E-state index in [4.69, 9.17) is 11.6 Å². The predicted molar refractivity (Wildman–Crippen MR) is 98.6 cm³/mol. The Morgan fingerprint density at radius 2 is 1.48 bits per heavy atom. The number of hydrogen-bond acceptors (Lipinski definition) is 3. The van der Waals surface area contributed by atoms with Crippen LogP contribution in [0.3, 0.4) is 0 Å². The molecule has 140 valence electrons. The van der Waals surface area contributed by atoms with E-state index >= 15 is 0 Å². The summed E-state index contributed by atoms with van der Waals surface area (Å²) >= 11 is 6.10. The van der Waals surface area contributed by atoms with Gasteiger partial charge in [0.05, 0.1) is 6.54 Å². The highest BCUT2D eigenvalue weighted by molar-refractivity contribution is 6.30. The fraction of sp³-hybridized carbons (Fsp3) is 0.200. The number of pyridine rings is 2. The quantitative estimate of drug-likeness (QED) is 0.631. The lowest BCUT2D eigenvalue weighted by molar-refractivity contribution is -0.126. The van der Waals surface area contributed by atoms with Crippen LogP contribution in [0.15, 0.2) is 73.3 Å². The van der Waals surface area contributed by atoms with Crippen molar-refractivity contribution >= 4 is 11.6 Å². The fourth-order valence-electron chi connectivity index (χ4n) is 3.05. The van der Waals surface area contributed by atoms with Crippen LogP contribution in [0.4, 0.5) is 13.2 Å². The molecule has 1 atom stereocenters. The number of nitrogens with zero attached hydrogens (tertiary/aromatic N) is 2. The third kappa shape index (κ3) is 5.28. The van der Waals surface area contributed by atoms with Gasteiger partial charge >= 0.3 is 6.18 Å². The van der Waals surface area contributed by atoms with Gasteiger partial charge in [-0.25, -0.2) is 0 Å². The van der Waals surface area contributed by atoms with Crippen LogP contribution < -0.4 is 5.32 Å². The molecule has 0 aliphatic carbocycles. The average Bonchev–Trinajstić information content (AvgIpc) is 2.66. The van der Waals surface area contributed by atoms with Crippen molar-refractivity contribution in [1.29, 1.82) is 0 Å². The number of benzene rings is 1. The predicted octanol–water partition coefficient (Wildman–Crippen LogP) is 5.16. The standard InChI is InChI=1S/C20H17ClF3N3/c21-17-7-1-4-14(10-17)19(27-13-20(22,23)24)18(15-5-2-8-25-11-15)16-6-3-9-26-12-16/h1-12,18-19,27H,13H2. The van der Waals surface area contributed by atoms with E-state index in [1.54, 1.807) is 61.2 Å². The molecule has 1 aromatic carbocycles. The van der Waals surface area contributed by atoms with Gasteiger partial charge in [-0.2, -0.15) is 13.2 Å². The van der Waals surface area contributed by atoms with E-state index in [-0.39, 0.29) is 0 Å². The molecule has 3 nitrogen and oxygen atoms in total. The van der Waals surface area contributed by atoms with Crippen LogP contribution in [-0.4, -0.2) is 22.7 Å². The first-order valence-corrected chi connectivity index (χ1v) is 8.67. The minimum absolute atomic E-state index is 0.423. The van der Waals surface area contributed by atoms with Gasteiger partial charge < -0.3 is 5.32 Å². The highest BCUT2D eigenvalue weighted by Gasteiger charge is 2.33. The molecule has 2 heterocycles. The highest BCUT2D eigenvalue weighted by atomic mass is 35.5. The average molecular weight is 392 g/mol. The second-order valence-electron chi connectivity index (χ2n) is 6.08. The first kappa shape index (κ1) is 19.3. The van der Waals surface area contributed by atoms with Crippen molar-refractivity contribution in [3.8, 4) is 0 Å². The molecule has 0 aliphatic rings. The molecule has 1 unspecified atom stereocenters. The Morgan fingerprint density at radius 3 is 1.96 bits per heavy atom. The van der Waals surface area contributed by atoms with Gasteiger partial charge in [-0.05, 0) is 41.0 Å². The van der Waals surface area contributed by atoms with Crippen LogP contribution in [0.25, 0.3) is 0 Å². The lowest BCUT2D eigenvalue weighted by Crippen LogP contribution is -2.35. The monoisotopic (exact) mass is 391 g/mol. The van der Waals surface area contributed by atoms with E-state index in [0.717, 1.165) is 11.1 Å². The van der Waals surface area contributed by atoms with Crippen molar-refractivity contribution in [3.05, 3.63) is 95.0 Å². The first-order chi connectivity index (χ1) is 12.9. The van der Waals surface area contributed by atoms with Crippen LogP contribution >= 0.6 is 11.6 Å². The van der Waals surface area contributed by atoms with E-state index < -0.39 is 24.7 Å². The maximum absolute atomic E-state index is 13.0. The second kappa shape index (κ2) is 8.50. The van der Waals surface area contributed by atoms with Crippen molar-refractivity contribution in [1.82, 2.24) is 15.3 Å². The Kier molecular flexibility index (Phi) is 6.08. The molecule has 0 amide bonds. The Labute approximate surface area is 160 Å². The van der Waals surface area contributed by atoms with E-state index in [1.807, 2.05) is 12.1 Å². The molecule has 0 fully saturated rings. The maximum Gasteiger partial charge on any atom is 0.401 e. The number of halogens is 4. The van der Waals surface area contributed by atoms with E-state index in [9.17, 15) is 13.2 Å². The van der Waals surface area contributed by atoms with Crippen LogP contribution in [0, 0.1) is 0 Å². The minimum Gasteiger partial charge on any atom is -0.301 e. The molecule has 3 rings (SSSR count). The molecule has 0 radical (unpaired) electrons. The van der Waals surface area contributed by atoms with Gasteiger partial charge in [0, 0.05) is 41.8 Å². The Morgan fingerprint density at radius 1 is 0.889 bits per heavy atom. The number of aromatic nitrogens is 2. The zero-order valence-electron chi connectivity index (χ0n) is 14.2. The van der Waals surface area contributed by atoms with Crippen molar-refractivity contribution < 1.29 is 13.2 Å². The lowest BCUT2D eigenvalue weighted by Gasteiger charge is -2.30. The summed E-state index contributed by atoms with van der Waals surface area (Å²) in [4.78, 5) is 8.27. The van der Waals surface area contributed by atoms with Gasteiger partial charge in [-0.3, -0.25) is 9.97 Å².